The highest BCUT2D eigenvalue weighted by atomic mass is 32.2. The third-order valence-electron chi connectivity index (χ3n) is 7.01. The molecule has 1 aliphatic carbocycles. The Morgan fingerprint density at radius 2 is 1.86 bits per heavy atom. The first kappa shape index (κ1) is 26.4. The van der Waals surface area contributed by atoms with E-state index in [1.54, 1.807) is 41.3 Å². The number of aliphatic hydroxyl groups excluding tert-OH is 1. The Labute approximate surface area is 214 Å². The van der Waals surface area contributed by atoms with Gasteiger partial charge in [-0.3, -0.25) is 9.52 Å². The van der Waals surface area contributed by atoms with Crippen molar-refractivity contribution < 1.29 is 23.1 Å². The van der Waals surface area contributed by atoms with E-state index in [4.69, 9.17) is 4.74 Å². The van der Waals surface area contributed by atoms with Gasteiger partial charge in [0.15, 0.2) is 0 Å². The smallest absolute Gasteiger partial charge is 0.261 e. The molecule has 0 aromatic heterocycles. The van der Waals surface area contributed by atoms with Gasteiger partial charge in [-0.2, -0.15) is 0 Å². The third kappa shape index (κ3) is 6.19. The minimum Gasteiger partial charge on any atom is -0.488 e. The lowest BCUT2D eigenvalue weighted by molar-refractivity contribution is 0.0344. The average molecular weight is 516 g/mol. The number of carbonyl (C=O) groups is 1. The standard InChI is InChI=1S/C27H37N3O5S/c1-18-5-10-23(11-6-18)36(33,34)28-22-9-12-25-24(13-22)27(32)30(20(3)17-31)14-19(2)26(35-25)16-29(4)15-21-7-8-21/h5-6,9-13,19-21,26,28,31H,7-8,14-17H2,1-4H3/t19-,20-,26-/m1/s1. The van der Waals surface area contributed by atoms with Crippen LogP contribution in [0.3, 0.4) is 0 Å². The second-order valence-electron chi connectivity index (χ2n) is 10.4. The number of sulfonamides is 1. The summed E-state index contributed by atoms with van der Waals surface area (Å²) >= 11 is 0. The van der Waals surface area contributed by atoms with Crippen molar-refractivity contribution in [1.82, 2.24) is 9.80 Å². The first-order valence-corrected chi connectivity index (χ1v) is 14.1. The monoisotopic (exact) mass is 515 g/mol. The van der Waals surface area contributed by atoms with Gasteiger partial charge >= 0.3 is 0 Å². The number of ether oxygens (including phenoxy) is 1. The van der Waals surface area contributed by atoms with Crippen LogP contribution in [0.1, 0.15) is 42.6 Å². The maximum absolute atomic E-state index is 13.6. The summed E-state index contributed by atoms with van der Waals surface area (Å²) in [5.41, 5.74) is 1.52. The Morgan fingerprint density at radius 3 is 2.50 bits per heavy atom. The maximum atomic E-state index is 13.6. The van der Waals surface area contributed by atoms with E-state index >= 15 is 0 Å². The largest absolute Gasteiger partial charge is 0.488 e. The first-order valence-electron chi connectivity index (χ1n) is 12.6. The maximum Gasteiger partial charge on any atom is 0.261 e. The molecule has 0 radical (unpaired) electrons. The van der Waals surface area contributed by atoms with Crippen LogP contribution in [0.2, 0.25) is 0 Å². The Morgan fingerprint density at radius 1 is 1.17 bits per heavy atom. The lowest BCUT2D eigenvalue weighted by Gasteiger charge is -2.38. The topological polar surface area (TPSA) is 99.2 Å². The van der Waals surface area contributed by atoms with Crippen molar-refractivity contribution >= 4 is 21.6 Å². The van der Waals surface area contributed by atoms with Gasteiger partial charge in [-0.25, -0.2) is 8.42 Å². The zero-order valence-electron chi connectivity index (χ0n) is 21.5. The van der Waals surface area contributed by atoms with Gasteiger partial charge in [0.2, 0.25) is 0 Å². The molecule has 1 heterocycles. The quantitative estimate of drug-likeness (QED) is 0.531. The van der Waals surface area contributed by atoms with Crippen LogP contribution in [0.15, 0.2) is 47.4 Å². The number of carbonyl (C=O) groups excluding carboxylic acids is 1. The normalized spacial score (nSPS) is 21.4. The summed E-state index contributed by atoms with van der Waals surface area (Å²) in [7, 11) is -1.73. The fourth-order valence-corrected chi connectivity index (χ4v) is 5.61. The lowest BCUT2D eigenvalue weighted by atomic mass is 9.99. The molecule has 0 bridgehead atoms. The number of benzene rings is 2. The van der Waals surface area contributed by atoms with Gasteiger partial charge in [0.1, 0.15) is 11.9 Å². The minimum atomic E-state index is -3.83. The van der Waals surface area contributed by atoms with Crippen LogP contribution >= 0.6 is 0 Å². The molecule has 1 fully saturated rings. The number of anilines is 1. The number of nitrogens with zero attached hydrogens (tertiary/aromatic N) is 2. The molecule has 1 aliphatic heterocycles. The molecule has 0 saturated heterocycles. The van der Waals surface area contributed by atoms with Crippen LogP contribution in [0.25, 0.3) is 0 Å². The molecule has 4 rings (SSSR count). The minimum absolute atomic E-state index is 0.0393. The van der Waals surface area contributed by atoms with E-state index < -0.39 is 10.0 Å². The van der Waals surface area contributed by atoms with Gasteiger partial charge in [-0.05, 0) is 70.0 Å². The summed E-state index contributed by atoms with van der Waals surface area (Å²) in [4.78, 5) is 17.7. The summed E-state index contributed by atoms with van der Waals surface area (Å²) in [6.45, 7) is 7.77. The second kappa shape index (κ2) is 10.8. The van der Waals surface area contributed by atoms with Crippen LogP contribution in [0, 0.1) is 18.8 Å². The van der Waals surface area contributed by atoms with E-state index in [9.17, 15) is 18.3 Å². The molecule has 2 N–H and O–H groups in total. The highest BCUT2D eigenvalue weighted by Crippen LogP contribution is 2.33. The van der Waals surface area contributed by atoms with E-state index in [1.165, 1.54) is 18.9 Å². The van der Waals surface area contributed by atoms with Crippen molar-refractivity contribution in [3.05, 3.63) is 53.6 Å². The highest BCUT2D eigenvalue weighted by molar-refractivity contribution is 7.92. The van der Waals surface area contributed by atoms with Crippen LogP contribution < -0.4 is 9.46 Å². The summed E-state index contributed by atoms with van der Waals surface area (Å²) in [6.07, 6.45) is 2.38. The molecule has 2 aliphatic rings. The van der Waals surface area contributed by atoms with E-state index in [0.717, 1.165) is 18.0 Å². The summed E-state index contributed by atoms with van der Waals surface area (Å²) in [5, 5.41) is 9.85. The van der Waals surface area contributed by atoms with Gasteiger partial charge in [-0.1, -0.05) is 24.6 Å². The highest BCUT2D eigenvalue weighted by Gasteiger charge is 2.34. The number of rotatable bonds is 9. The molecular formula is C27H37N3O5S. The summed E-state index contributed by atoms with van der Waals surface area (Å²) < 4.78 is 34.9. The molecule has 0 spiro atoms. The summed E-state index contributed by atoms with van der Waals surface area (Å²) in [6, 6.07) is 11.0. The Hall–Kier alpha value is -2.62. The fraction of sp³-hybridized carbons (Fsp3) is 0.519. The van der Waals surface area contributed by atoms with Gasteiger partial charge < -0.3 is 19.6 Å². The number of likely N-dealkylation sites (N-methyl/N-ethyl adjacent to an activating group) is 1. The number of nitrogens with one attached hydrogen (secondary N) is 1. The lowest BCUT2D eigenvalue weighted by Crippen LogP contribution is -2.50. The Kier molecular flexibility index (Phi) is 7.92. The number of aliphatic hydroxyl groups is 1. The van der Waals surface area contributed by atoms with Crippen LogP contribution in [0.5, 0.6) is 5.75 Å². The number of aryl methyl sites for hydroxylation is 1. The Balaban J connectivity index is 1.64. The summed E-state index contributed by atoms with van der Waals surface area (Å²) in [5.74, 6) is 0.921. The van der Waals surface area contributed by atoms with E-state index in [1.807, 2.05) is 13.8 Å². The van der Waals surface area contributed by atoms with Crippen molar-refractivity contribution in [2.24, 2.45) is 11.8 Å². The van der Waals surface area contributed by atoms with Crippen molar-refractivity contribution in [2.75, 3.05) is 38.0 Å². The SMILES string of the molecule is Cc1ccc(S(=O)(=O)Nc2ccc3c(c2)C(=O)N([C@H](C)CO)C[C@@H](C)[C@@H](CN(C)CC2CC2)O3)cc1. The molecule has 36 heavy (non-hydrogen) atoms. The van der Waals surface area contributed by atoms with E-state index in [0.29, 0.717) is 18.8 Å². The fourth-order valence-electron chi connectivity index (χ4n) is 4.56. The van der Waals surface area contributed by atoms with E-state index in [-0.39, 0.29) is 46.7 Å². The molecule has 8 nitrogen and oxygen atoms in total. The van der Waals surface area contributed by atoms with Crippen molar-refractivity contribution in [2.45, 2.75) is 50.7 Å². The van der Waals surface area contributed by atoms with Gasteiger partial charge in [0.25, 0.3) is 15.9 Å². The molecule has 2 aromatic rings. The molecule has 1 saturated carbocycles. The number of hydrogen-bond donors (Lipinski definition) is 2. The first-order chi connectivity index (χ1) is 17.1. The average Bonchev–Trinajstić information content (AvgIpc) is 3.65. The van der Waals surface area contributed by atoms with Crippen molar-refractivity contribution in [3.8, 4) is 5.75 Å². The molecular weight excluding hydrogens is 478 g/mol. The molecule has 9 heteroatoms. The third-order valence-corrected chi connectivity index (χ3v) is 8.40. The van der Waals surface area contributed by atoms with Crippen molar-refractivity contribution in [1.29, 1.82) is 0 Å². The van der Waals surface area contributed by atoms with Gasteiger partial charge in [0, 0.05) is 31.2 Å². The molecule has 3 atom stereocenters. The molecule has 1 amide bonds. The zero-order valence-corrected chi connectivity index (χ0v) is 22.3. The second-order valence-corrected chi connectivity index (χ2v) is 12.1. The van der Waals surface area contributed by atoms with Gasteiger partial charge in [-0.15, -0.1) is 0 Å². The van der Waals surface area contributed by atoms with Crippen molar-refractivity contribution in [3.63, 3.8) is 0 Å². The molecule has 196 valence electrons. The number of fused-ring (bicyclic) bond motifs is 1. The van der Waals surface area contributed by atoms with Crippen LogP contribution in [0.4, 0.5) is 5.69 Å². The number of amides is 1. The Bertz CT molecular complexity index is 1180. The van der Waals surface area contributed by atoms with Crippen LogP contribution in [-0.2, 0) is 10.0 Å². The zero-order chi connectivity index (χ0) is 26.0. The van der Waals surface area contributed by atoms with Gasteiger partial charge in [0.05, 0.1) is 23.1 Å². The van der Waals surface area contributed by atoms with E-state index in [2.05, 4.69) is 23.6 Å². The molecule has 0 unspecified atom stereocenters. The molecule has 2 aromatic carbocycles. The predicted octanol–water partition coefficient (Wildman–Crippen LogP) is 3.36. The predicted molar refractivity (Wildman–Crippen MR) is 140 cm³/mol. The van der Waals surface area contributed by atoms with Crippen LogP contribution in [-0.4, -0.2) is 74.7 Å². The number of hydrogen-bond acceptors (Lipinski definition) is 6.